The van der Waals surface area contributed by atoms with Crippen molar-refractivity contribution in [1.82, 2.24) is 9.80 Å². The number of carbonyl (C=O) groups excluding carboxylic acids is 2. The Labute approximate surface area is 209 Å². The molecule has 0 bridgehead atoms. The Bertz CT molecular complexity index is 1290. The number of amides is 2. The molecule has 2 heterocycles. The number of nitro groups is 2. The summed E-state index contributed by atoms with van der Waals surface area (Å²) in [5, 5.41) is 39.8. The van der Waals surface area contributed by atoms with E-state index in [4.69, 9.17) is 10.2 Å². The van der Waals surface area contributed by atoms with Gasteiger partial charge in [0.15, 0.2) is 0 Å². The number of carboxylic acids is 1. The number of rotatable bonds is 6. The first-order valence-corrected chi connectivity index (χ1v) is 11.0. The largest absolute Gasteiger partial charge is 0.480 e. The van der Waals surface area contributed by atoms with Crippen molar-refractivity contribution in [2.45, 2.75) is 24.9 Å². The first-order chi connectivity index (χ1) is 17.7. The molecule has 2 N–H and O–H groups in total. The number of aliphatic carboxylic acids is 1. The van der Waals surface area contributed by atoms with Gasteiger partial charge in [0.1, 0.15) is 17.2 Å². The van der Waals surface area contributed by atoms with Gasteiger partial charge in [-0.15, -0.1) is 0 Å². The van der Waals surface area contributed by atoms with Gasteiger partial charge < -0.3 is 20.0 Å². The number of benzene rings is 2. The molecule has 2 aromatic rings. The van der Waals surface area contributed by atoms with Gasteiger partial charge in [-0.3, -0.25) is 29.8 Å². The third kappa shape index (κ3) is 5.85. The van der Waals surface area contributed by atoms with Crippen LogP contribution in [0.5, 0.6) is 0 Å². The van der Waals surface area contributed by atoms with Gasteiger partial charge in [0.25, 0.3) is 23.2 Å². The quantitative estimate of drug-likeness (QED) is 0.435. The van der Waals surface area contributed by atoms with Crippen molar-refractivity contribution in [1.29, 1.82) is 0 Å². The fourth-order valence-electron chi connectivity index (χ4n) is 3.82. The minimum atomic E-state index is -1.14. The molecule has 2 aliphatic heterocycles. The van der Waals surface area contributed by atoms with Crippen LogP contribution in [0.2, 0.25) is 0 Å². The van der Waals surface area contributed by atoms with E-state index in [0.717, 1.165) is 4.90 Å². The maximum Gasteiger partial charge on any atom is 0.327 e. The molecule has 2 amide bonds. The van der Waals surface area contributed by atoms with Gasteiger partial charge in [-0.05, 0) is 25.0 Å². The Morgan fingerprint density at radius 2 is 1.27 bits per heavy atom. The molecule has 0 spiro atoms. The first-order valence-electron chi connectivity index (χ1n) is 11.0. The number of nitrogens with zero attached hydrogens (tertiary/aromatic N) is 4. The molecule has 0 unspecified atom stereocenters. The molecular formula is C24H22N4O9. The van der Waals surface area contributed by atoms with E-state index in [1.807, 2.05) is 0 Å². The van der Waals surface area contributed by atoms with Crippen molar-refractivity contribution >= 4 is 29.2 Å². The fourth-order valence-corrected chi connectivity index (χ4v) is 3.82. The maximum absolute atomic E-state index is 12.2. The third-order valence-corrected chi connectivity index (χ3v) is 5.66. The lowest BCUT2D eigenvalue weighted by Gasteiger charge is -2.21. The lowest BCUT2D eigenvalue weighted by Crippen LogP contribution is -2.38. The highest BCUT2D eigenvalue weighted by molar-refractivity contribution is 6.01. The molecule has 0 radical (unpaired) electrons. The van der Waals surface area contributed by atoms with Crippen LogP contribution in [0.1, 0.15) is 33.6 Å². The molecule has 0 aliphatic carbocycles. The zero-order valence-electron chi connectivity index (χ0n) is 19.2. The molecule has 0 saturated heterocycles. The minimum absolute atomic E-state index is 0.0347. The maximum atomic E-state index is 12.2. The number of nitro benzene ring substituents is 2. The van der Waals surface area contributed by atoms with Gasteiger partial charge in [-0.2, -0.15) is 0 Å². The van der Waals surface area contributed by atoms with Crippen LogP contribution in [0.25, 0.3) is 0 Å². The van der Waals surface area contributed by atoms with Gasteiger partial charge in [0.05, 0.1) is 22.5 Å². The average molecular weight is 510 g/mol. The van der Waals surface area contributed by atoms with E-state index in [1.165, 1.54) is 53.6 Å². The lowest BCUT2D eigenvalue weighted by atomic mass is 10.1. The molecule has 2 aliphatic rings. The van der Waals surface area contributed by atoms with Gasteiger partial charge >= 0.3 is 5.97 Å². The van der Waals surface area contributed by atoms with E-state index in [-0.39, 0.29) is 41.6 Å². The van der Waals surface area contributed by atoms with Crippen molar-refractivity contribution in [2.24, 2.45) is 0 Å². The van der Waals surface area contributed by atoms with Crippen LogP contribution in [0.4, 0.5) is 11.4 Å². The van der Waals surface area contributed by atoms with Gasteiger partial charge in [0.2, 0.25) is 0 Å². The van der Waals surface area contributed by atoms with Crippen molar-refractivity contribution in [3.05, 3.63) is 104 Å². The topological polar surface area (TPSA) is 184 Å². The highest BCUT2D eigenvalue weighted by Crippen LogP contribution is 2.25. The van der Waals surface area contributed by atoms with E-state index in [0.29, 0.717) is 6.42 Å². The minimum Gasteiger partial charge on any atom is -0.480 e. The highest BCUT2D eigenvalue weighted by Gasteiger charge is 2.34. The van der Waals surface area contributed by atoms with E-state index >= 15 is 0 Å². The van der Waals surface area contributed by atoms with Crippen LogP contribution in [0.3, 0.4) is 0 Å². The number of hydrogen-bond donors (Lipinski definition) is 2. The standard InChI is InChI=1S/C12H10N2O5.C12H12N2O4/c15-11(13-7-3-6-10(13)12(16)17)8-4-1-2-5-9(8)14(18)19;15-8-9-4-3-7-13(9)12(16)10-5-1-2-6-11(10)14(17)18/h1-5,7,10H,6H2,(H,16,17);1-3,5-7,9,15H,4,8H2/t10-;9-/m00/s1. The fraction of sp³-hybridized carbons (Fsp3) is 0.208. The molecule has 2 atom stereocenters. The summed E-state index contributed by atoms with van der Waals surface area (Å²) >= 11 is 0. The van der Waals surface area contributed by atoms with Gasteiger partial charge in [0, 0.05) is 24.5 Å². The van der Waals surface area contributed by atoms with Crippen molar-refractivity contribution < 1.29 is 34.4 Å². The number of aliphatic hydroxyl groups excluding tert-OH is 1. The second-order valence-corrected chi connectivity index (χ2v) is 7.90. The SMILES string of the molecule is O=C(O)[C@@H]1CC=CN1C(=O)c1ccccc1[N+](=O)[O-].O=C(c1ccccc1[N+](=O)[O-])N1C=CC[C@H]1CO. The molecular weight excluding hydrogens is 488 g/mol. The number of para-hydroxylation sites is 2. The first kappa shape index (κ1) is 26.7. The second-order valence-electron chi connectivity index (χ2n) is 7.90. The van der Waals surface area contributed by atoms with Gasteiger partial charge in [-0.1, -0.05) is 36.4 Å². The average Bonchev–Trinajstić information content (AvgIpc) is 3.58. The molecule has 0 saturated carbocycles. The van der Waals surface area contributed by atoms with Crippen molar-refractivity contribution in [3.63, 3.8) is 0 Å². The van der Waals surface area contributed by atoms with E-state index in [9.17, 15) is 34.6 Å². The third-order valence-electron chi connectivity index (χ3n) is 5.66. The summed E-state index contributed by atoms with van der Waals surface area (Å²) in [7, 11) is 0. The molecule has 192 valence electrons. The molecule has 13 heteroatoms. The van der Waals surface area contributed by atoms with E-state index < -0.39 is 33.7 Å². The highest BCUT2D eigenvalue weighted by atomic mass is 16.6. The van der Waals surface area contributed by atoms with Crippen LogP contribution in [0, 0.1) is 20.2 Å². The second kappa shape index (κ2) is 11.7. The number of carboxylic acid groups (broad SMARTS) is 1. The summed E-state index contributed by atoms with van der Waals surface area (Å²) < 4.78 is 0. The Balaban J connectivity index is 0.000000206. The number of hydrogen-bond acceptors (Lipinski definition) is 8. The molecule has 2 aromatic carbocycles. The normalized spacial score (nSPS) is 17.8. The summed E-state index contributed by atoms with van der Waals surface area (Å²) in [6, 6.07) is 9.92. The van der Waals surface area contributed by atoms with Crippen LogP contribution >= 0.6 is 0 Å². The van der Waals surface area contributed by atoms with Gasteiger partial charge in [-0.25, -0.2) is 4.79 Å². The summed E-state index contributed by atoms with van der Waals surface area (Å²) in [6.45, 7) is -0.167. The Hall–Kier alpha value is -4.91. The monoisotopic (exact) mass is 510 g/mol. The van der Waals surface area contributed by atoms with Crippen LogP contribution in [0.15, 0.2) is 73.1 Å². The molecule has 4 rings (SSSR count). The molecule has 0 fully saturated rings. The van der Waals surface area contributed by atoms with E-state index in [1.54, 1.807) is 24.4 Å². The molecule has 0 aromatic heterocycles. The Kier molecular flexibility index (Phi) is 8.43. The number of carbonyl (C=O) groups is 3. The van der Waals surface area contributed by atoms with Crippen molar-refractivity contribution in [3.8, 4) is 0 Å². The number of aliphatic hydroxyl groups is 1. The predicted octanol–water partition coefficient (Wildman–Crippen LogP) is 2.72. The predicted molar refractivity (Wildman–Crippen MR) is 128 cm³/mol. The lowest BCUT2D eigenvalue weighted by molar-refractivity contribution is -0.385. The molecule has 37 heavy (non-hydrogen) atoms. The Morgan fingerprint density at radius 3 is 1.76 bits per heavy atom. The summed E-state index contributed by atoms with van der Waals surface area (Å²) in [6.07, 6.45) is 6.96. The van der Waals surface area contributed by atoms with Crippen molar-refractivity contribution in [2.75, 3.05) is 6.61 Å². The smallest absolute Gasteiger partial charge is 0.327 e. The summed E-state index contributed by atoms with van der Waals surface area (Å²) in [5.74, 6) is -2.29. The van der Waals surface area contributed by atoms with E-state index in [2.05, 4.69) is 0 Å². The summed E-state index contributed by atoms with van der Waals surface area (Å²) in [5.41, 5.74) is -0.644. The van der Waals surface area contributed by atoms with Crippen LogP contribution in [-0.2, 0) is 4.79 Å². The molecule has 13 nitrogen and oxygen atoms in total. The zero-order valence-corrected chi connectivity index (χ0v) is 19.2. The zero-order chi connectivity index (χ0) is 27.1. The summed E-state index contributed by atoms with van der Waals surface area (Å²) in [4.78, 5) is 58.2. The Morgan fingerprint density at radius 1 is 0.811 bits per heavy atom. The van der Waals surface area contributed by atoms with Crippen LogP contribution < -0.4 is 0 Å². The van der Waals surface area contributed by atoms with Crippen LogP contribution in [-0.4, -0.2) is 66.3 Å².